The molecule has 25 heavy (non-hydrogen) atoms. The lowest BCUT2D eigenvalue weighted by molar-refractivity contribution is -0.141. The molecule has 3 nitrogen and oxygen atoms in total. The standard InChI is InChI=1S/C15H14F5NO2S2/c1-24-13(22)8-7(5-6-3-4-6)9(14(23)25-2)11(15(18,19)20)21-10(8)12(16)17/h6,12H,3-5H2,1-2H3. The molecule has 1 saturated carbocycles. The normalized spacial score (nSPS) is 14.9. The number of alkyl halides is 5. The summed E-state index contributed by atoms with van der Waals surface area (Å²) < 4.78 is 66.8. The van der Waals surface area contributed by atoms with Gasteiger partial charge in [-0.05, 0) is 43.3 Å². The number of nitrogens with zero attached hydrogens (tertiary/aromatic N) is 1. The highest BCUT2D eigenvalue weighted by atomic mass is 32.2. The molecule has 1 aliphatic rings. The number of halogens is 5. The smallest absolute Gasteiger partial charge is 0.281 e. The van der Waals surface area contributed by atoms with Gasteiger partial charge in [0.05, 0.1) is 11.1 Å². The number of pyridine rings is 1. The Morgan fingerprint density at radius 2 is 1.64 bits per heavy atom. The molecule has 0 atom stereocenters. The van der Waals surface area contributed by atoms with Crippen LogP contribution in [0.3, 0.4) is 0 Å². The summed E-state index contributed by atoms with van der Waals surface area (Å²) in [4.78, 5) is 27.4. The van der Waals surface area contributed by atoms with Gasteiger partial charge in [-0.3, -0.25) is 9.59 Å². The van der Waals surface area contributed by atoms with Crippen LogP contribution < -0.4 is 0 Å². The minimum Gasteiger partial charge on any atom is -0.281 e. The van der Waals surface area contributed by atoms with E-state index in [1.54, 1.807) is 0 Å². The van der Waals surface area contributed by atoms with Gasteiger partial charge < -0.3 is 0 Å². The number of rotatable bonds is 5. The third kappa shape index (κ3) is 4.33. The van der Waals surface area contributed by atoms with Gasteiger partial charge in [0.25, 0.3) is 6.43 Å². The largest absolute Gasteiger partial charge is 0.434 e. The molecule has 1 aliphatic carbocycles. The van der Waals surface area contributed by atoms with Gasteiger partial charge in [-0.15, -0.1) is 0 Å². The van der Waals surface area contributed by atoms with E-state index in [0.29, 0.717) is 36.4 Å². The SMILES string of the molecule is CSC(=O)c1c(C(F)F)nc(C(F)(F)F)c(C(=O)SC)c1CC1CC1. The van der Waals surface area contributed by atoms with Crippen LogP contribution in [0.2, 0.25) is 0 Å². The van der Waals surface area contributed by atoms with E-state index in [9.17, 15) is 31.5 Å². The number of hydrogen-bond donors (Lipinski definition) is 0. The number of carbonyl (C=O) groups is 2. The Hall–Kier alpha value is -1.16. The third-order valence-electron chi connectivity index (χ3n) is 3.77. The minimum atomic E-state index is -5.08. The van der Waals surface area contributed by atoms with E-state index in [1.165, 1.54) is 12.5 Å². The van der Waals surface area contributed by atoms with E-state index in [1.807, 2.05) is 0 Å². The van der Waals surface area contributed by atoms with E-state index in [4.69, 9.17) is 0 Å². The monoisotopic (exact) mass is 399 g/mol. The molecule has 1 aromatic rings. The lowest BCUT2D eigenvalue weighted by Crippen LogP contribution is -2.22. The van der Waals surface area contributed by atoms with E-state index in [0.717, 1.165) is 0 Å². The van der Waals surface area contributed by atoms with E-state index < -0.39 is 45.3 Å². The Labute approximate surface area is 149 Å². The summed E-state index contributed by atoms with van der Waals surface area (Å²) >= 11 is 1.13. The quantitative estimate of drug-likeness (QED) is 0.653. The van der Waals surface area contributed by atoms with Gasteiger partial charge in [-0.1, -0.05) is 23.5 Å². The molecule has 0 N–H and O–H groups in total. The van der Waals surface area contributed by atoms with Crippen molar-refractivity contribution in [1.82, 2.24) is 4.98 Å². The summed E-state index contributed by atoms with van der Waals surface area (Å²) in [7, 11) is 0. The average molecular weight is 399 g/mol. The van der Waals surface area contributed by atoms with Crippen molar-refractivity contribution in [2.24, 2.45) is 5.92 Å². The molecule has 0 saturated heterocycles. The van der Waals surface area contributed by atoms with Crippen LogP contribution in [0, 0.1) is 5.92 Å². The number of aromatic nitrogens is 1. The second-order valence-corrected chi connectivity index (χ2v) is 7.06. The Bertz CT molecular complexity index is 702. The average Bonchev–Trinajstić information content (AvgIpc) is 3.35. The van der Waals surface area contributed by atoms with Gasteiger partial charge in [0.15, 0.2) is 5.69 Å². The van der Waals surface area contributed by atoms with Crippen molar-refractivity contribution in [2.75, 3.05) is 12.5 Å². The second kappa shape index (κ2) is 7.61. The van der Waals surface area contributed by atoms with Crippen LogP contribution in [-0.4, -0.2) is 27.7 Å². The lowest BCUT2D eigenvalue weighted by Gasteiger charge is -2.20. The summed E-state index contributed by atoms with van der Waals surface area (Å²) in [5.74, 6) is -0.0178. The molecule has 0 unspecified atom stereocenters. The fourth-order valence-corrected chi connectivity index (χ4v) is 3.34. The Morgan fingerprint density at radius 1 is 1.12 bits per heavy atom. The first kappa shape index (κ1) is 20.2. The van der Waals surface area contributed by atoms with Gasteiger partial charge >= 0.3 is 6.18 Å². The summed E-state index contributed by atoms with van der Waals surface area (Å²) in [6.45, 7) is 0. The number of carbonyl (C=O) groups excluding carboxylic acids is 2. The predicted octanol–water partition coefficient (Wildman–Crippen LogP) is 5.00. The molecule has 0 radical (unpaired) electrons. The van der Waals surface area contributed by atoms with E-state index in [-0.39, 0.29) is 17.9 Å². The third-order valence-corrected chi connectivity index (χ3v) is 4.92. The van der Waals surface area contributed by atoms with Crippen molar-refractivity contribution in [1.29, 1.82) is 0 Å². The molecule has 10 heteroatoms. The zero-order valence-electron chi connectivity index (χ0n) is 13.2. The summed E-state index contributed by atoms with van der Waals surface area (Å²) in [6, 6.07) is 0. The van der Waals surface area contributed by atoms with Crippen molar-refractivity contribution < 1.29 is 31.5 Å². The van der Waals surface area contributed by atoms with Crippen molar-refractivity contribution in [2.45, 2.75) is 31.9 Å². The van der Waals surface area contributed by atoms with E-state index in [2.05, 4.69) is 4.98 Å². The van der Waals surface area contributed by atoms with Crippen molar-refractivity contribution >= 4 is 33.8 Å². The predicted molar refractivity (Wildman–Crippen MR) is 86.3 cm³/mol. The van der Waals surface area contributed by atoms with Crippen LogP contribution >= 0.6 is 23.5 Å². The van der Waals surface area contributed by atoms with Crippen LogP contribution in [0.4, 0.5) is 22.0 Å². The van der Waals surface area contributed by atoms with Crippen LogP contribution in [-0.2, 0) is 12.6 Å². The van der Waals surface area contributed by atoms with Crippen LogP contribution in [0.5, 0.6) is 0 Å². The Kier molecular flexibility index (Phi) is 6.13. The maximum absolute atomic E-state index is 13.4. The summed E-state index contributed by atoms with van der Waals surface area (Å²) in [6.07, 6.45) is -4.39. The van der Waals surface area contributed by atoms with Crippen LogP contribution in [0.25, 0.3) is 0 Å². The molecule has 0 aliphatic heterocycles. The highest BCUT2D eigenvalue weighted by molar-refractivity contribution is 8.13. The molecule has 0 bridgehead atoms. The van der Waals surface area contributed by atoms with Crippen LogP contribution in [0.15, 0.2) is 0 Å². The van der Waals surface area contributed by atoms with Gasteiger partial charge in [0.2, 0.25) is 10.2 Å². The van der Waals surface area contributed by atoms with E-state index >= 15 is 0 Å². The number of hydrogen-bond acceptors (Lipinski definition) is 5. The molecule has 1 aromatic heterocycles. The molecule has 0 aromatic carbocycles. The molecule has 0 amide bonds. The summed E-state index contributed by atoms with van der Waals surface area (Å²) in [5.41, 5.74) is -4.43. The minimum absolute atomic E-state index is 0.0178. The molecule has 1 heterocycles. The summed E-state index contributed by atoms with van der Waals surface area (Å²) in [5, 5.41) is -1.76. The molecular formula is C15H14F5NO2S2. The first-order valence-corrected chi connectivity index (χ1v) is 9.65. The maximum atomic E-state index is 13.4. The molecular weight excluding hydrogens is 385 g/mol. The highest BCUT2D eigenvalue weighted by Crippen LogP contribution is 2.42. The fourth-order valence-electron chi connectivity index (χ4n) is 2.48. The molecule has 1 fully saturated rings. The Balaban J connectivity index is 2.89. The lowest BCUT2D eigenvalue weighted by atomic mass is 9.94. The highest BCUT2D eigenvalue weighted by Gasteiger charge is 2.43. The van der Waals surface area contributed by atoms with Crippen LogP contribution in [0.1, 0.15) is 56.9 Å². The molecule has 2 rings (SSSR count). The van der Waals surface area contributed by atoms with Gasteiger partial charge in [0, 0.05) is 0 Å². The van der Waals surface area contributed by atoms with Gasteiger partial charge in [-0.25, -0.2) is 13.8 Å². The first-order valence-electron chi connectivity index (χ1n) is 7.20. The van der Waals surface area contributed by atoms with Crippen molar-refractivity contribution in [3.8, 4) is 0 Å². The zero-order chi connectivity index (χ0) is 18.9. The van der Waals surface area contributed by atoms with Gasteiger partial charge in [0.1, 0.15) is 5.69 Å². The van der Waals surface area contributed by atoms with Gasteiger partial charge in [-0.2, -0.15) is 13.2 Å². The first-order chi connectivity index (χ1) is 11.6. The maximum Gasteiger partial charge on any atom is 0.434 e. The van der Waals surface area contributed by atoms with Crippen molar-refractivity contribution in [3.63, 3.8) is 0 Å². The van der Waals surface area contributed by atoms with Crippen molar-refractivity contribution in [3.05, 3.63) is 28.1 Å². The molecule has 138 valence electrons. The topological polar surface area (TPSA) is 47.0 Å². The molecule has 0 spiro atoms. The Morgan fingerprint density at radius 3 is 2.04 bits per heavy atom. The zero-order valence-corrected chi connectivity index (χ0v) is 14.9. The fraction of sp³-hybridized carbons (Fsp3) is 0.533. The second-order valence-electron chi connectivity index (χ2n) is 5.50. The number of thioether (sulfide) groups is 2.